The number of nitrogens with one attached hydrogen (secondary N) is 2. The van der Waals surface area contributed by atoms with Crippen molar-refractivity contribution in [1.82, 2.24) is 15.3 Å². The number of rotatable bonds is 5. The summed E-state index contributed by atoms with van der Waals surface area (Å²) >= 11 is 0. The molecule has 1 atom stereocenters. The number of H-pyrrole nitrogens is 1. The summed E-state index contributed by atoms with van der Waals surface area (Å²) in [4.78, 5) is 30.9. The van der Waals surface area contributed by atoms with Crippen molar-refractivity contribution >= 4 is 22.6 Å². The van der Waals surface area contributed by atoms with Gasteiger partial charge in [-0.2, -0.15) is 0 Å². The van der Waals surface area contributed by atoms with Gasteiger partial charge < -0.3 is 10.3 Å². The second kappa shape index (κ2) is 6.72. The zero-order valence-electron chi connectivity index (χ0n) is 13.9. The Morgan fingerprint density at radius 1 is 1.16 bits per heavy atom. The number of hydrogen-bond acceptors (Lipinski definition) is 4. The molecule has 0 radical (unpaired) electrons. The van der Waals surface area contributed by atoms with Crippen molar-refractivity contribution in [3.8, 4) is 0 Å². The number of benzene rings is 2. The number of amides is 1. The Kier molecular flexibility index (Phi) is 4.47. The second-order valence-corrected chi connectivity index (χ2v) is 6.11. The molecule has 3 rings (SSSR count). The third-order valence-corrected chi connectivity index (χ3v) is 4.00. The maximum atomic E-state index is 12.6. The van der Waals surface area contributed by atoms with Crippen LogP contribution >= 0.6 is 0 Å². The molecule has 0 saturated heterocycles. The Bertz CT molecular complexity index is 900. The predicted octanol–water partition coefficient (Wildman–Crippen LogP) is 3.60. The average molecular weight is 338 g/mol. The van der Waals surface area contributed by atoms with Crippen molar-refractivity contribution in [3.63, 3.8) is 0 Å². The molecule has 1 amide bonds. The van der Waals surface area contributed by atoms with E-state index in [0.29, 0.717) is 5.82 Å². The molecule has 7 heteroatoms. The van der Waals surface area contributed by atoms with Gasteiger partial charge in [0.25, 0.3) is 11.6 Å². The number of nitro benzene ring substituents is 1. The number of para-hydroxylation sites is 3. The molecule has 1 heterocycles. The third-order valence-electron chi connectivity index (χ3n) is 4.00. The van der Waals surface area contributed by atoms with E-state index < -0.39 is 10.8 Å². The number of nitrogens with zero attached hydrogens (tertiary/aromatic N) is 2. The number of aromatic nitrogens is 2. The monoisotopic (exact) mass is 338 g/mol. The molecule has 0 aliphatic heterocycles. The zero-order chi connectivity index (χ0) is 18.0. The molecule has 128 valence electrons. The van der Waals surface area contributed by atoms with Crippen LogP contribution in [0, 0.1) is 16.0 Å². The van der Waals surface area contributed by atoms with Gasteiger partial charge in [0, 0.05) is 6.07 Å². The summed E-state index contributed by atoms with van der Waals surface area (Å²) in [6.07, 6.45) is 0. The van der Waals surface area contributed by atoms with Crippen LogP contribution in [0.4, 0.5) is 5.69 Å². The molecule has 0 unspecified atom stereocenters. The first-order valence-corrected chi connectivity index (χ1v) is 7.96. The summed E-state index contributed by atoms with van der Waals surface area (Å²) in [5.74, 6) is 0.182. The molecule has 1 aromatic heterocycles. The first-order valence-electron chi connectivity index (χ1n) is 7.96. The van der Waals surface area contributed by atoms with Crippen LogP contribution in [-0.2, 0) is 0 Å². The van der Waals surface area contributed by atoms with Crippen molar-refractivity contribution < 1.29 is 9.72 Å². The number of fused-ring (bicyclic) bond motifs is 1. The largest absolute Gasteiger partial charge is 0.342 e. The Labute approximate surface area is 144 Å². The quantitative estimate of drug-likeness (QED) is 0.548. The number of nitro groups is 1. The summed E-state index contributed by atoms with van der Waals surface area (Å²) < 4.78 is 0. The van der Waals surface area contributed by atoms with Crippen LogP contribution < -0.4 is 5.32 Å². The molecule has 0 aliphatic carbocycles. The lowest BCUT2D eigenvalue weighted by molar-refractivity contribution is -0.385. The van der Waals surface area contributed by atoms with Gasteiger partial charge in [-0.15, -0.1) is 0 Å². The van der Waals surface area contributed by atoms with Gasteiger partial charge in [0.2, 0.25) is 0 Å². The van der Waals surface area contributed by atoms with E-state index in [1.54, 1.807) is 6.07 Å². The number of carbonyl (C=O) groups is 1. The van der Waals surface area contributed by atoms with E-state index in [1.807, 2.05) is 38.1 Å². The van der Waals surface area contributed by atoms with Gasteiger partial charge in [-0.1, -0.05) is 38.1 Å². The number of imidazole rings is 1. The Balaban J connectivity index is 1.92. The van der Waals surface area contributed by atoms with Gasteiger partial charge in [-0.25, -0.2) is 4.98 Å². The van der Waals surface area contributed by atoms with Crippen LogP contribution in [0.25, 0.3) is 11.0 Å². The summed E-state index contributed by atoms with van der Waals surface area (Å²) in [7, 11) is 0. The van der Waals surface area contributed by atoms with Crippen molar-refractivity contribution in [2.45, 2.75) is 19.9 Å². The fourth-order valence-electron chi connectivity index (χ4n) is 2.71. The van der Waals surface area contributed by atoms with Gasteiger partial charge in [0.05, 0.1) is 22.0 Å². The van der Waals surface area contributed by atoms with Gasteiger partial charge in [-0.3, -0.25) is 14.9 Å². The minimum Gasteiger partial charge on any atom is -0.342 e. The highest BCUT2D eigenvalue weighted by Crippen LogP contribution is 2.24. The summed E-state index contributed by atoms with van der Waals surface area (Å²) in [6, 6.07) is 13.1. The van der Waals surface area contributed by atoms with Crippen LogP contribution in [0.3, 0.4) is 0 Å². The second-order valence-electron chi connectivity index (χ2n) is 6.11. The maximum absolute atomic E-state index is 12.6. The van der Waals surface area contributed by atoms with E-state index in [2.05, 4.69) is 15.3 Å². The van der Waals surface area contributed by atoms with E-state index in [-0.39, 0.29) is 23.2 Å². The minimum absolute atomic E-state index is 0.0364. The van der Waals surface area contributed by atoms with Crippen molar-refractivity contribution in [1.29, 1.82) is 0 Å². The highest BCUT2D eigenvalue weighted by molar-refractivity contribution is 5.98. The molecular formula is C18H18N4O3. The van der Waals surface area contributed by atoms with Crippen molar-refractivity contribution in [2.75, 3.05) is 0 Å². The van der Waals surface area contributed by atoms with Crippen molar-refractivity contribution in [2.24, 2.45) is 5.92 Å². The third kappa shape index (κ3) is 3.35. The number of aromatic amines is 1. The molecule has 0 fully saturated rings. The maximum Gasteiger partial charge on any atom is 0.282 e. The molecule has 0 spiro atoms. The van der Waals surface area contributed by atoms with Gasteiger partial charge in [0.1, 0.15) is 11.4 Å². The highest BCUT2D eigenvalue weighted by atomic mass is 16.6. The smallest absolute Gasteiger partial charge is 0.282 e. The zero-order valence-corrected chi connectivity index (χ0v) is 13.9. The van der Waals surface area contributed by atoms with E-state index >= 15 is 0 Å². The van der Waals surface area contributed by atoms with E-state index in [9.17, 15) is 14.9 Å². The Morgan fingerprint density at radius 3 is 2.52 bits per heavy atom. The number of hydrogen-bond donors (Lipinski definition) is 2. The normalized spacial score (nSPS) is 12.3. The van der Waals surface area contributed by atoms with E-state index in [4.69, 9.17) is 0 Å². The van der Waals surface area contributed by atoms with Gasteiger partial charge >= 0.3 is 0 Å². The van der Waals surface area contributed by atoms with E-state index in [1.165, 1.54) is 18.2 Å². The predicted molar refractivity (Wildman–Crippen MR) is 94.2 cm³/mol. The van der Waals surface area contributed by atoms with Crippen LogP contribution in [0.2, 0.25) is 0 Å². The minimum atomic E-state index is -0.555. The summed E-state index contributed by atoms with van der Waals surface area (Å²) in [6.45, 7) is 3.91. The van der Waals surface area contributed by atoms with Gasteiger partial charge in [0.15, 0.2) is 0 Å². The lowest BCUT2D eigenvalue weighted by Gasteiger charge is -2.20. The Morgan fingerprint density at radius 2 is 1.84 bits per heavy atom. The fraction of sp³-hybridized carbons (Fsp3) is 0.222. The van der Waals surface area contributed by atoms with E-state index in [0.717, 1.165) is 11.0 Å². The molecule has 0 aliphatic rings. The van der Waals surface area contributed by atoms with Crippen LogP contribution in [0.15, 0.2) is 48.5 Å². The fourth-order valence-corrected chi connectivity index (χ4v) is 2.71. The van der Waals surface area contributed by atoms with Crippen LogP contribution in [0.5, 0.6) is 0 Å². The molecule has 2 aromatic carbocycles. The molecule has 2 N–H and O–H groups in total. The lowest BCUT2D eigenvalue weighted by Crippen LogP contribution is -2.32. The SMILES string of the molecule is CC(C)[C@H](NC(=O)c1ccccc1[N+](=O)[O-])c1nc2ccccc2[nH]1. The van der Waals surface area contributed by atoms with Crippen LogP contribution in [-0.4, -0.2) is 20.8 Å². The summed E-state index contributed by atoms with van der Waals surface area (Å²) in [5.41, 5.74) is 1.51. The first kappa shape index (κ1) is 16.6. The van der Waals surface area contributed by atoms with Crippen LogP contribution in [0.1, 0.15) is 36.1 Å². The molecular weight excluding hydrogens is 320 g/mol. The first-order chi connectivity index (χ1) is 12.0. The molecule has 0 saturated carbocycles. The highest BCUT2D eigenvalue weighted by Gasteiger charge is 2.26. The lowest BCUT2D eigenvalue weighted by atomic mass is 10.0. The molecule has 25 heavy (non-hydrogen) atoms. The molecule has 3 aromatic rings. The molecule has 0 bridgehead atoms. The Hall–Kier alpha value is -3.22. The summed E-state index contributed by atoms with van der Waals surface area (Å²) in [5, 5.41) is 14.0. The van der Waals surface area contributed by atoms with Gasteiger partial charge in [-0.05, 0) is 24.1 Å². The number of carbonyl (C=O) groups excluding carboxylic acids is 1. The molecule has 7 nitrogen and oxygen atoms in total. The standard InChI is InChI=1S/C18H18N4O3/c1-11(2)16(17-19-13-8-4-5-9-14(13)20-17)21-18(23)12-7-3-6-10-15(12)22(24)25/h3-11,16H,1-2H3,(H,19,20)(H,21,23)/t16-/m0/s1. The topological polar surface area (TPSA) is 101 Å². The average Bonchev–Trinajstić information content (AvgIpc) is 3.02. The van der Waals surface area contributed by atoms with Crippen molar-refractivity contribution in [3.05, 3.63) is 70.0 Å².